The lowest BCUT2D eigenvalue weighted by molar-refractivity contribution is -0.141. The summed E-state index contributed by atoms with van der Waals surface area (Å²) in [5, 5.41) is 1.01. The largest absolute Gasteiger partial charge is 0.433 e. The van der Waals surface area contributed by atoms with Crippen LogP contribution in [0, 0.1) is 0 Å². The van der Waals surface area contributed by atoms with Crippen LogP contribution in [-0.4, -0.2) is 28.0 Å². The summed E-state index contributed by atoms with van der Waals surface area (Å²) in [6.07, 6.45) is -3.30. The third-order valence-corrected chi connectivity index (χ3v) is 4.96. The molecule has 1 aromatic carbocycles. The van der Waals surface area contributed by atoms with Crippen LogP contribution in [0.5, 0.6) is 0 Å². The molecule has 3 heterocycles. The summed E-state index contributed by atoms with van der Waals surface area (Å²) in [6.45, 7) is 1.17. The van der Waals surface area contributed by atoms with Crippen molar-refractivity contribution >= 4 is 27.5 Å². The van der Waals surface area contributed by atoms with Crippen LogP contribution in [0.15, 0.2) is 36.5 Å². The minimum atomic E-state index is -4.45. The first-order valence-electron chi connectivity index (χ1n) is 7.01. The molecule has 0 saturated carbocycles. The lowest BCUT2D eigenvalue weighted by Gasteiger charge is -2.38. The molecule has 23 heavy (non-hydrogen) atoms. The van der Waals surface area contributed by atoms with E-state index in [1.807, 2.05) is 24.3 Å². The van der Waals surface area contributed by atoms with Gasteiger partial charge in [-0.3, -0.25) is 0 Å². The van der Waals surface area contributed by atoms with Gasteiger partial charge in [0.1, 0.15) is 10.7 Å². The number of alkyl halides is 3. The summed E-state index contributed by atoms with van der Waals surface area (Å²) in [5.41, 5.74) is 0.0483. The van der Waals surface area contributed by atoms with Gasteiger partial charge in [-0.05, 0) is 18.2 Å². The standard InChI is InChI=1S/C15H11F3N4S/c16-15(17,18)12-5-6-19-14(21-12)22-7-9(8-22)13-20-10-3-1-2-4-11(10)23-13/h1-6,9H,7-8H2. The van der Waals surface area contributed by atoms with E-state index >= 15 is 0 Å². The van der Waals surface area contributed by atoms with Gasteiger partial charge in [-0.2, -0.15) is 13.2 Å². The van der Waals surface area contributed by atoms with Crippen LogP contribution >= 0.6 is 11.3 Å². The number of anilines is 1. The molecule has 0 radical (unpaired) electrons. The highest BCUT2D eigenvalue weighted by atomic mass is 32.1. The van der Waals surface area contributed by atoms with Crippen molar-refractivity contribution in [3.05, 3.63) is 47.2 Å². The van der Waals surface area contributed by atoms with Crippen LogP contribution in [-0.2, 0) is 6.18 Å². The van der Waals surface area contributed by atoms with Gasteiger partial charge in [0, 0.05) is 25.2 Å². The number of hydrogen-bond acceptors (Lipinski definition) is 5. The Labute approximate surface area is 133 Å². The number of fused-ring (bicyclic) bond motifs is 1. The third-order valence-electron chi connectivity index (χ3n) is 3.76. The fraction of sp³-hybridized carbons (Fsp3) is 0.267. The number of rotatable bonds is 2. The van der Waals surface area contributed by atoms with Crippen molar-refractivity contribution in [2.45, 2.75) is 12.1 Å². The fourth-order valence-corrected chi connectivity index (χ4v) is 3.57. The molecule has 0 aliphatic carbocycles. The van der Waals surface area contributed by atoms with Crippen molar-refractivity contribution in [3.8, 4) is 0 Å². The van der Waals surface area contributed by atoms with Crippen molar-refractivity contribution in [1.29, 1.82) is 0 Å². The Morgan fingerprint density at radius 3 is 2.61 bits per heavy atom. The Morgan fingerprint density at radius 1 is 1.09 bits per heavy atom. The maximum absolute atomic E-state index is 12.7. The predicted molar refractivity (Wildman–Crippen MR) is 81.6 cm³/mol. The van der Waals surface area contributed by atoms with Crippen LogP contribution in [0.3, 0.4) is 0 Å². The van der Waals surface area contributed by atoms with Gasteiger partial charge >= 0.3 is 6.18 Å². The molecule has 1 fully saturated rings. The van der Waals surface area contributed by atoms with Crippen LogP contribution in [0.4, 0.5) is 19.1 Å². The first-order valence-corrected chi connectivity index (χ1v) is 7.83. The van der Waals surface area contributed by atoms with Crippen molar-refractivity contribution in [2.75, 3.05) is 18.0 Å². The van der Waals surface area contributed by atoms with Gasteiger partial charge in [0.05, 0.1) is 10.2 Å². The second-order valence-corrected chi connectivity index (χ2v) is 6.42. The van der Waals surface area contributed by atoms with Crippen molar-refractivity contribution in [1.82, 2.24) is 15.0 Å². The van der Waals surface area contributed by atoms with Crippen LogP contribution < -0.4 is 4.90 Å². The van der Waals surface area contributed by atoms with Gasteiger partial charge in [-0.25, -0.2) is 15.0 Å². The van der Waals surface area contributed by atoms with Gasteiger partial charge in [0.25, 0.3) is 0 Å². The van der Waals surface area contributed by atoms with Crippen LogP contribution in [0.2, 0.25) is 0 Å². The molecular formula is C15H11F3N4S. The zero-order valence-corrected chi connectivity index (χ0v) is 12.6. The van der Waals surface area contributed by atoms with Gasteiger partial charge < -0.3 is 4.90 Å². The normalized spacial score (nSPS) is 15.9. The van der Waals surface area contributed by atoms with E-state index in [9.17, 15) is 13.2 Å². The van der Waals surface area contributed by atoms with E-state index in [-0.39, 0.29) is 11.9 Å². The molecule has 0 N–H and O–H groups in total. The Kier molecular flexibility index (Phi) is 3.22. The number of thiazole rings is 1. The number of para-hydroxylation sites is 1. The Morgan fingerprint density at radius 2 is 1.87 bits per heavy atom. The monoisotopic (exact) mass is 336 g/mol. The predicted octanol–water partition coefficient (Wildman–Crippen LogP) is 3.71. The Balaban J connectivity index is 1.51. The molecule has 3 aromatic rings. The molecule has 0 bridgehead atoms. The maximum Gasteiger partial charge on any atom is 0.433 e. The summed E-state index contributed by atoms with van der Waals surface area (Å²) in [6, 6.07) is 8.77. The molecule has 0 unspecified atom stereocenters. The SMILES string of the molecule is FC(F)(F)c1ccnc(N2CC(c3nc4ccccc4s3)C2)n1. The molecule has 8 heteroatoms. The minimum Gasteiger partial charge on any atom is -0.339 e. The van der Waals surface area contributed by atoms with Crippen LogP contribution in [0.1, 0.15) is 16.6 Å². The van der Waals surface area contributed by atoms with Crippen molar-refractivity contribution < 1.29 is 13.2 Å². The van der Waals surface area contributed by atoms with E-state index in [4.69, 9.17) is 0 Å². The first kappa shape index (κ1) is 14.4. The number of benzene rings is 1. The topological polar surface area (TPSA) is 41.9 Å². The van der Waals surface area contributed by atoms with E-state index < -0.39 is 11.9 Å². The average Bonchev–Trinajstić information content (AvgIpc) is 2.88. The van der Waals surface area contributed by atoms with Gasteiger partial charge in [0.2, 0.25) is 5.95 Å². The molecule has 118 valence electrons. The maximum atomic E-state index is 12.7. The smallest absolute Gasteiger partial charge is 0.339 e. The van der Waals surface area contributed by atoms with E-state index in [0.717, 1.165) is 27.5 Å². The lowest BCUT2D eigenvalue weighted by atomic mass is 10.0. The third kappa shape index (κ3) is 2.63. The van der Waals surface area contributed by atoms with Gasteiger partial charge in [-0.15, -0.1) is 11.3 Å². The summed E-state index contributed by atoms with van der Waals surface area (Å²) in [5.74, 6) is 0.336. The Hall–Kier alpha value is -2.22. The molecule has 4 nitrogen and oxygen atoms in total. The summed E-state index contributed by atoms with van der Waals surface area (Å²) < 4.78 is 39.2. The summed E-state index contributed by atoms with van der Waals surface area (Å²) in [7, 11) is 0. The molecular weight excluding hydrogens is 325 g/mol. The summed E-state index contributed by atoms with van der Waals surface area (Å²) >= 11 is 1.63. The number of nitrogens with zero attached hydrogens (tertiary/aromatic N) is 4. The fourth-order valence-electron chi connectivity index (χ4n) is 2.52. The number of aromatic nitrogens is 3. The van der Waals surface area contributed by atoms with E-state index in [1.165, 1.54) is 0 Å². The number of halogens is 3. The number of hydrogen-bond donors (Lipinski definition) is 0. The van der Waals surface area contributed by atoms with E-state index in [2.05, 4.69) is 15.0 Å². The van der Waals surface area contributed by atoms with Gasteiger partial charge in [0.15, 0.2) is 0 Å². The lowest BCUT2D eigenvalue weighted by Crippen LogP contribution is -2.46. The molecule has 1 saturated heterocycles. The molecule has 0 atom stereocenters. The highest BCUT2D eigenvalue weighted by Gasteiger charge is 2.36. The molecule has 0 amide bonds. The highest BCUT2D eigenvalue weighted by molar-refractivity contribution is 7.18. The second kappa shape index (κ2) is 5.16. The highest BCUT2D eigenvalue weighted by Crippen LogP contribution is 2.35. The minimum absolute atomic E-state index is 0.122. The molecule has 1 aliphatic rings. The van der Waals surface area contributed by atoms with Gasteiger partial charge in [-0.1, -0.05) is 12.1 Å². The van der Waals surface area contributed by atoms with E-state index in [0.29, 0.717) is 13.1 Å². The van der Waals surface area contributed by atoms with E-state index in [1.54, 1.807) is 16.2 Å². The zero-order valence-electron chi connectivity index (χ0n) is 11.8. The molecule has 2 aromatic heterocycles. The summed E-state index contributed by atoms with van der Waals surface area (Å²) in [4.78, 5) is 13.9. The zero-order chi connectivity index (χ0) is 16.0. The first-order chi connectivity index (χ1) is 11.0. The van der Waals surface area contributed by atoms with Crippen LogP contribution in [0.25, 0.3) is 10.2 Å². The molecule has 1 aliphatic heterocycles. The van der Waals surface area contributed by atoms with Crippen molar-refractivity contribution in [3.63, 3.8) is 0 Å². The molecule has 0 spiro atoms. The average molecular weight is 336 g/mol. The quantitative estimate of drug-likeness (QED) is 0.715. The second-order valence-electron chi connectivity index (χ2n) is 5.36. The van der Waals surface area contributed by atoms with Crippen molar-refractivity contribution in [2.24, 2.45) is 0 Å². The molecule has 4 rings (SSSR count). The Bertz CT molecular complexity index is 822.